The lowest BCUT2D eigenvalue weighted by Crippen LogP contribution is -1.95. The first-order chi connectivity index (χ1) is 10.0. The predicted octanol–water partition coefficient (Wildman–Crippen LogP) is 4.38. The Labute approximate surface area is 125 Å². The van der Waals surface area contributed by atoms with Gasteiger partial charge in [0.1, 0.15) is 0 Å². The number of carbonyl (C=O) groups excluding carboxylic acids is 1. The molecule has 0 unspecified atom stereocenters. The number of nitriles is 1. The molecule has 0 spiro atoms. The van der Waals surface area contributed by atoms with Crippen LogP contribution in [0.15, 0.2) is 42.5 Å². The molecule has 0 aromatic heterocycles. The molecule has 0 fully saturated rings. The van der Waals surface area contributed by atoms with Crippen LogP contribution in [0.1, 0.15) is 38.2 Å². The molecule has 0 heterocycles. The Morgan fingerprint density at radius 2 is 1.76 bits per heavy atom. The Morgan fingerprint density at radius 1 is 1.05 bits per heavy atom. The number of ketones is 1. The Kier molecular flexibility index (Phi) is 4.35. The summed E-state index contributed by atoms with van der Waals surface area (Å²) in [6.45, 7) is 6.17. The minimum absolute atomic E-state index is 0.0928. The molecule has 0 atom stereocenters. The lowest BCUT2D eigenvalue weighted by Gasteiger charge is -2.06. The molecular weight excluding hydrogens is 258 g/mol. The van der Waals surface area contributed by atoms with Crippen molar-refractivity contribution in [1.29, 1.82) is 5.26 Å². The SMILES string of the molecule is Cc1cc(C)c(/C=C/C(=O)c2cccc(C#N)c2)cc1C. The molecule has 2 nitrogen and oxygen atoms in total. The third-order valence-corrected chi connectivity index (χ3v) is 3.57. The second-order valence-corrected chi connectivity index (χ2v) is 5.18. The highest BCUT2D eigenvalue weighted by Gasteiger charge is 2.04. The molecule has 21 heavy (non-hydrogen) atoms. The van der Waals surface area contributed by atoms with Gasteiger partial charge in [0, 0.05) is 5.56 Å². The van der Waals surface area contributed by atoms with Crippen LogP contribution in [-0.4, -0.2) is 5.78 Å². The number of aryl methyl sites for hydroxylation is 3. The second kappa shape index (κ2) is 6.19. The van der Waals surface area contributed by atoms with Gasteiger partial charge in [-0.3, -0.25) is 4.79 Å². The van der Waals surface area contributed by atoms with Crippen LogP contribution < -0.4 is 0 Å². The lowest BCUT2D eigenvalue weighted by atomic mass is 9.99. The molecule has 0 bridgehead atoms. The van der Waals surface area contributed by atoms with Crippen molar-refractivity contribution in [3.8, 4) is 6.07 Å². The minimum Gasteiger partial charge on any atom is -0.289 e. The van der Waals surface area contributed by atoms with Crippen LogP contribution in [0.2, 0.25) is 0 Å². The van der Waals surface area contributed by atoms with E-state index in [1.54, 1.807) is 30.3 Å². The van der Waals surface area contributed by atoms with Crippen molar-refractivity contribution in [1.82, 2.24) is 0 Å². The molecule has 0 amide bonds. The van der Waals surface area contributed by atoms with E-state index < -0.39 is 0 Å². The molecule has 2 heteroatoms. The molecule has 2 aromatic rings. The first-order valence-corrected chi connectivity index (χ1v) is 6.81. The van der Waals surface area contributed by atoms with Crippen LogP contribution in [0.25, 0.3) is 6.08 Å². The third-order valence-electron chi connectivity index (χ3n) is 3.57. The summed E-state index contributed by atoms with van der Waals surface area (Å²) >= 11 is 0. The number of hydrogen-bond donors (Lipinski definition) is 0. The zero-order valence-corrected chi connectivity index (χ0v) is 12.5. The van der Waals surface area contributed by atoms with Crippen molar-refractivity contribution < 1.29 is 4.79 Å². The van der Waals surface area contributed by atoms with Gasteiger partial charge >= 0.3 is 0 Å². The van der Waals surface area contributed by atoms with Crippen molar-refractivity contribution in [2.24, 2.45) is 0 Å². The molecule has 0 N–H and O–H groups in total. The summed E-state index contributed by atoms with van der Waals surface area (Å²) in [5, 5.41) is 8.87. The van der Waals surface area contributed by atoms with Crippen LogP contribution >= 0.6 is 0 Å². The largest absolute Gasteiger partial charge is 0.289 e. The van der Waals surface area contributed by atoms with E-state index in [1.807, 2.05) is 19.1 Å². The Morgan fingerprint density at radius 3 is 2.48 bits per heavy atom. The highest BCUT2D eigenvalue weighted by Crippen LogP contribution is 2.17. The first kappa shape index (κ1) is 14.7. The fraction of sp³-hybridized carbons (Fsp3) is 0.158. The van der Waals surface area contributed by atoms with Gasteiger partial charge in [0.05, 0.1) is 11.6 Å². The highest BCUT2D eigenvalue weighted by atomic mass is 16.1. The van der Waals surface area contributed by atoms with Gasteiger partial charge in [-0.2, -0.15) is 5.26 Å². The Balaban J connectivity index is 2.27. The van der Waals surface area contributed by atoms with Gasteiger partial charge in [0.15, 0.2) is 5.78 Å². The number of nitrogens with zero attached hydrogens (tertiary/aromatic N) is 1. The molecule has 0 aliphatic carbocycles. The topological polar surface area (TPSA) is 40.9 Å². The second-order valence-electron chi connectivity index (χ2n) is 5.18. The molecule has 0 aliphatic heterocycles. The van der Waals surface area contributed by atoms with E-state index >= 15 is 0 Å². The van der Waals surface area contributed by atoms with E-state index in [9.17, 15) is 4.79 Å². The van der Waals surface area contributed by atoms with E-state index in [0.717, 1.165) is 11.1 Å². The summed E-state index contributed by atoms with van der Waals surface area (Å²) in [5.41, 5.74) is 5.68. The van der Waals surface area contributed by atoms with E-state index in [1.165, 1.54) is 11.1 Å². The lowest BCUT2D eigenvalue weighted by molar-refractivity contribution is 0.104. The standard InChI is InChI=1S/C19H17NO/c1-13-9-15(3)17(10-14(13)2)7-8-19(21)18-6-4-5-16(11-18)12-20/h4-11H,1-3H3/b8-7+. The summed E-state index contributed by atoms with van der Waals surface area (Å²) in [5.74, 6) is -0.0928. The van der Waals surface area contributed by atoms with Gasteiger partial charge in [-0.05, 0) is 61.2 Å². The Hall–Kier alpha value is -2.66. The van der Waals surface area contributed by atoms with Crippen LogP contribution in [0, 0.1) is 32.1 Å². The first-order valence-electron chi connectivity index (χ1n) is 6.81. The average Bonchev–Trinajstić information content (AvgIpc) is 2.49. The van der Waals surface area contributed by atoms with Crippen LogP contribution in [0.5, 0.6) is 0 Å². The van der Waals surface area contributed by atoms with Crippen LogP contribution in [-0.2, 0) is 0 Å². The average molecular weight is 275 g/mol. The van der Waals surface area contributed by atoms with E-state index in [0.29, 0.717) is 11.1 Å². The summed E-state index contributed by atoms with van der Waals surface area (Å²) in [4.78, 5) is 12.2. The summed E-state index contributed by atoms with van der Waals surface area (Å²) in [6.07, 6.45) is 3.40. The van der Waals surface area contributed by atoms with Gasteiger partial charge in [0.2, 0.25) is 0 Å². The molecule has 2 rings (SSSR count). The highest BCUT2D eigenvalue weighted by molar-refractivity contribution is 6.07. The number of rotatable bonds is 3. The van der Waals surface area contributed by atoms with Crippen LogP contribution in [0.4, 0.5) is 0 Å². The smallest absolute Gasteiger partial charge is 0.185 e. The zero-order chi connectivity index (χ0) is 15.4. The maximum Gasteiger partial charge on any atom is 0.185 e. The van der Waals surface area contributed by atoms with E-state index in [2.05, 4.69) is 26.0 Å². The summed E-state index contributed by atoms with van der Waals surface area (Å²) < 4.78 is 0. The summed E-state index contributed by atoms with van der Waals surface area (Å²) in [7, 11) is 0. The van der Waals surface area contributed by atoms with Crippen molar-refractivity contribution in [2.75, 3.05) is 0 Å². The molecule has 2 aromatic carbocycles. The van der Waals surface area contributed by atoms with Gasteiger partial charge in [-0.25, -0.2) is 0 Å². The maximum absolute atomic E-state index is 12.2. The molecule has 0 saturated heterocycles. The maximum atomic E-state index is 12.2. The zero-order valence-electron chi connectivity index (χ0n) is 12.5. The van der Waals surface area contributed by atoms with Gasteiger partial charge in [-0.15, -0.1) is 0 Å². The Bertz CT molecular complexity index is 764. The van der Waals surface area contributed by atoms with E-state index in [4.69, 9.17) is 5.26 Å². The van der Waals surface area contributed by atoms with Gasteiger partial charge in [0.25, 0.3) is 0 Å². The van der Waals surface area contributed by atoms with Crippen LogP contribution in [0.3, 0.4) is 0 Å². The number of hydrogen-bond acceptors (Lipinski definition) is 2. The van der Waals surface area contributed by atoms with Gasteiger partial charge < -0.3 is 0 Å². The monoisotopic (exact) mass is 275 g/mol. The normalized spacial score (nSPS) is 10.6. The van der Waals surface area contributed by atoms with Crippen molar-refractivity contribution in [3.63, 3.8) is 0 Å². The van der Waals surface area contributed by atoms with E-state index in [-0.39, 0.29) is 5.78 Å². The molecule has 0 saturated carbocycles. The molecule has 0 radical (unpaired) electrons. The van der Waals surface area contributed by atoms with Crippen molar-refractivity contribution in [3.05, 3.63) is 75.9 Å². The fourth-order valence-electron chi connectivity index (χ4n) is 2.17. The molecule has 0 aliphatic rings. The van der Waals surface area contributed by atoms with Gasteiger partial charge in [-0.1, -0.05) is 30.3 Å². The van der Waals surface area contributed by atoms with Crippen molar-refractivity contribution in [2.45, 2.75) is 20.8 Å². The summed E-state index contributed by atoms with van der Waals surface area (Å²) in [6, 6.07) is 13.0. The quantitative estimate of drug-likeness (QED) is 0.616. The van der Waals surface area contributed by atoms with Crippen molar-refractivity contribution >= 4 is 11.9 Å². The molecular formula is C19H17NO. The third kappa shape index (κ3) is 3.46. The molecule has 104 valence electrons. The number of benzene rings is 2. The fourth-order valence-corrected chi connectivity index (χ4v) is 2.17. The predicted molar refractivity (Wildman–Crippen MR) is 85.2 cm³/mol. The number of carbonyl (C=O) groups is 1. The minimum atomic E-state index is -0.0928. The number of allylic oxidation sites excluding steroid dienone is 1.